The van der Waals surface area contributed by atoms with E-state index in [0.29, 0.717) is 0 Å². The highest BCUT2D eigenvalue weighted by Gasteiger charge is 2.25. The van der Waals surface area contributed by atoms with Crippen molar-refractivity contribution in [1.82, 2.24) is 0 Å². The van der Waals surface area contributed by atoms with Crippen LogP contribution in [0.2, 0.25) is 0 Å². The number of unbranched alkanes of at least 4 members (excludes halogenated alkanes) is 1. The van der Waals surface area contributed by atoms with Crippen molar-refractivity contribution in [2.45, 2.75) is 65.7 Å². The summed E-state index contributed by atoms with van der Waals surface area (Å²) in [6.07, 6.45) is 10.4. The average Bonchev–Trinajstić information content (AvgIpc) is 2.83. The molecule has 0 amide bonds. The van der Waals surface area contributed by atoms with Gasteiger partial charge in [0.1, 0.15) is 0 Å². The molecule has 0 aromatic heterocycles. The lowest BCUT2D eigenvalue weighted by Crippen LogP contribution is -2.05. The van der Waals surface area contributed by atoms with E-state index in [1.54, 1.807) is 0 Å². The summed E-state index contributed by atoms with van der Waals surface area (Å²) >= 11 is 0. The molecule has 1 atom stereocenters. The maximum absolute atomic E-state index is 2.37. The highest BCUT2D eigenvalue weighted by Crippen LogP contribution is 2.38. The average molecular weight is 182 g/mol. The van der Waals surface area contributed by atoms with Crippen molar-refractivity contribution in [2.75, 3.05) is 0 Å². The largest absolute Gasteiger partial charge is 0.0654 e. The zero-order valence-corrected chi connectivity index (χ0v) is 9.68. The number of hydrogen-bond acceptors (Lipinski definition) is 0. The van der Waals surface area contributed by atoms with Crippen LogP contribution in [0.3, 0.4) is 0 Å². The first-order chi connectivity index (χ1) is 6.22. The molecule has 1 saturated carbocycles. The zero-order chi connectivity index (χ0) is 9.68. The Labute approximate surface area is 84.1 Å². The fourth-order valence-electron chi connectivity index (χ4n) is 2.32. The van der Waals surface area contributed by atoms with Crippen LogP contribution in [-0.2, 0) is 0 Å². The summed E-state index contributed by atoms with van der Waals surface area (Å²) in [6, 6.07) is 0. The van der Waals surface area contributed by atoms with E-state index in [2.05, 4.69) is 20.8 Å². The van der Waals surface area contributed by atoms with Crippen molar-refractivity contribution >= 4 is 0 Å². The third-order valence-electron chi connectivity index (χ3n) is 3.13. The van der Waals surface area contributed by atoms with E-state index in [0.717, 1.165) is 17.8 Å². The van der Waals surface area contributed by atoms with Crippen LogP contribution in [0.1, 0.15) is 65.7 Å². The molecule has 0 heterocycles. The predicted octanol–water partition coefficient (Wildman–Crippen LogP) is 4.64. The molecule has 0 aliphatic heterocycles. The Morgan fingerprint density at radius 3 is 2.38 bits per heavy atom. The van der Waals surface area contributed by atoms with Crippen molar-refractivity contribution in [3.63, 3.8) is 0 Å². The maximum atomic E-state index is 2.37. The molecule has 0 heteroatoms. The zero-order valence-electron chi connectivity index (χ0n) is 9.68. The second-order valence-corrected chi connectivity index (χ2v) is 5.32. The van der Waals surface area contributed by atoms with E-state index in [9.17, 15) is 0 Å². The van der Waals surface area contributed by atoms with Crippen molar-refractivity contribution in [1.29, 1.82) is 0 Å². The Kier molecular flexibility index (Phi) is 4.83. The molecular weight excluding hydrogens is 156 g/mol. The summed E-state index contributed by atoms with van der Waals surface area (Å²) in [7, 11) is 0. The first-order valence-electron chi connectivity index (χ1n) is 6.22. The Bertz CT molecular complexity index is 118. The van der Waals surface area contributed by atoms with Crippen LogP contribution in [0.4, 0.5) is 0 Å². The van der Waals surface area contributed by atoms with Gasteiger partial charge in [-0.2, -0.15) is 0 Å². The van der Waals surface area contributed by atoms with Crippen LogP contribution in [-0.4, -0.2) is 0 Å². The minimum absolute atomic E-state index is 0.903. The van der Waals surface area contributed by atoms with Gasteiger partial charge < -0.3 is 0 Å². The summed E-state index contributed by atoms with van der Waals surface area (Å²) in [6.45, 7) is 7.04. The topological polar surface area (TPSA) is 0 Å². The molecule has 0 aromatic carbocycles. The lowest BCUT2D eigenvalue weighted by molar-refractivity contribution is 0.340. The summed E-state index contributed by atoms with van der Waals surface area (Å²) in [5, 5.41) is 0. The van der Waals surface area contributed by atoms with E-state index in [1.165, 1.54) is 44.9 Å². The molecule has 78 valence electrons. The second-order valence-electron chi connectivity index (χ2n) is 5.32. The van der Waals surface area contributed by atoms with E-state index in [1.807, 2.05) is 0 Å². The lowest BCUT2D eigenvalue weighted by atomic mass is 9.88. The van der Waals surface area contributed by atoms with Gasteiger partial charge in [0.25, 0.3) is 0 Å². The molecule has 0 saturated heterocycles. The van der Waals surface area contributed by atoms with E-state index in [-0.39, 0.29) is 0 Å². The second kappa shape index (κ2) is 5.67. The van der Waals surface area contributed by atoms with Gasteiger partial charge in [0.15, 0.2) is 0 Å². The first kappa shape index (κ1) is 11.1. The van der Waals surface area contributed by atoms with Crippen LogP contribution < -0.4 is 0 Å². The molecule has 1 aliphatic carbocycles. The first-order valence-corrected chi connectivity index (χ1v) is 6.22. The van der Waals surface area contributed by atoms with E-state index < -0.39 is 0 Å². The standard InChI is InChI=1S/C13H26/c1-4-5-6-13(9-11(2)3)10-12-7-8-12/h11-13H,4-10H2,1-3H3. The minimum Gasteiger partial charge on any atom is -0.0654 e. The van der Waals surface area contributed by atoms with Crippen LogP contribution in [0.15, 0.2) is 0 Å². The molecule has 1 rings (SSSR count). The van der Waals surface area contributed by atoms with Gasteiger partial charge in [-0.1, -0.05) is 52.9 Å². The summed E-state index contributed by atoms with van der Waals surface area (Å²) in [5.41, 5.74) is 0. The monoisotopic (exact) mass is 182 g/mol. The van der Waals surface area contributed by atoms with E-state index >= 15 is 0 Å². The highest BCUT2D eigenvalue weighted by atomic mass is 14.3. The number of rotatable bonds is 7. The molecule has 1 unspecified atom stereocenters. The van der Waals surface area contributed by atoms with Crippen LogP contribution >= 0.6 is 0 Å². The summed E-state index contributed by atoms with van der Waals surface area (Å²) < 4.78 is 0. The maximum Gasteiger partial charge on any atom is -0.0409 e. The van der Waals surface area contributed by atoms with Crippen LogP contribution in [0.5, 0.6) is 0 Å². The molecule has 0 radical (unpaired) electrons. The predicted molar refractivity (Wildman–Crippen MR) is 59.8 cm³/mol. The quantitative estimate of drug-likeness (QED) is 0.538. The molecule has 1 fully saturated rings. The fraction of sp³-hybridized carbons (Fsp3) is 1.00. The Morgan fingerprint density at radius 2 is 1.92 bits per heavy atom. The van der Waals surface area contributed by atoms with Crippen molar-refractivity contribution in [3.8, 4) is 0 Å². The minimum atomic E-state index is 0.903. The highest BCUT2D eigenvalue weighted by molar-refractivity contribution is 4.77. The molecular formula is C13H26. The van der Waals surface area contributed by atoms with Crippen molar-refractivity contribution in [3.05, 3.63) is 0 Å². The molecule has 13 heavy (non-hydrogen) atoms. The van der Waals surface area contributed by atoms with Gasteiger partial charge >= 0.3 is 0 Å². The molecule has 0 bridgehead atoms. The van der Waals surface area contributed by atoms with Gasteiger partial charge in [-0.25, -0.2) is 0 Å². The van der Waals surface area contributed by atoms with Crippen LogP contribution in [0, 0.1) is 17.8 Å². The molecule has 1 aliphatic rings. The van der Waals surface area contributed by atoms with Crippen LogP contribution in [0.25, 0.3) is 0 Å². The smallest absolute Gasteiger partial charge is 0.0409 e. The summed E-state index contributed by atoms with van der Waals surface area (Å²) in [4.78, 5) is 0. The third-order valence-corrected chi connectivity index (χ3v) is 3.13. The Hall–Kier alpha value is 0. The molecule has 0 nitrogen and oxygen atoms in total. The van der Waals surface area contributed by atoms with Gasteiger partial charge in [0.05, 0.1) is 0 Å². The van der Waals surface area contributed by atoms with Crippen molar-refractivity contribution in [2.24, 2.45) is 17.8 Å². The molecule has 0 spiro atoms. The van der Waals surface area contributed by atoms with E-state index in [4.69, 9.17) is 0 Å². The fourth-order valence-corrected chi connectivity index (χ4v) is 2.32. The van der Waals surface area contributed by atoms with Gasteiger partial charge in [-0.3, -0.25) is 0 Å². The number of hydrogen-bond donors (Lipinski definition) is 0. The van der Waals surface area contributed by atoms with Gasteiger partial charge in [0.2, 0.25) is 0 Å². The third kappa shape index (κ3) is 5.33. The Balaban J connectivity index is 2.15. The van der Waals surface area contributed by atoms with Gasteiger partial charge in [-0.05, 0) is 30.6 Å². The molecule has 0 N–H and O–H groups in total. The normalized spacial score (nSPS) is 19.4. The molecule has 0 aromatic rings. The lowest BCUT2D eigenvalue weighted by Gasteiger charge is -2.18. The van der Waals surface area contributed by atoms with Crippen molar-refractivity contribution < 1.29 is 0 Å². The SMILES string of the molecule is CCCCC(CC(C)C)CC1CC1. The van der Waals surface area contributed by atoms with Gasteiger partial charge in [0, 0.05) is 0 Å². The Morgan fingerprint density at radius 1 is 1.23 bits per heavy atom. The van der Waals surface area contributed by atoms with Gasteiger partial charge in [-0.15, -0.1) is 0 Å². The summed E-state index contributed by atoms with van der Waals surface area (Å²) in [5.74, 6) is 3.08.